The summed E-state index contributed by atoms with van der Waals surface area (Å²) in [6, 6.07) is 13.8. The highest BCUT2D eigenvalue weighted by Gasteiger charge is 2.26. The van der Waals surface area contributed by atoms with Gasteiger partial charge in [-0.25, -0.2) is 4.79 Å². The molecule has 2 N–H and O–H groups in total. The van der Waals surface area contributed by atoms with E-state index in [0.29, 0.717) is 11.7 Å². The molecule has 0 atom stereocenters. The number of benzene rings is 2. The number of hydrogen-bond acceptors (Lipinski definition) is 4. The van der Waals surface area contributed by atoms with Crippen molar-refractivity contribution >= 4 is 23.3 Å². The highest BCUT2D eigenvalue weighted by molar-refractivity contribution is 6.01. The van der Waals surface area contributed by atoms with E-state index in [2.05, 4.69) is 15.1 Å². The van der Waals surface area contributed by atoms with Crippen LogP contribution in [-0.2, 0) is 11.2 Å². The van der Waals surface area contributed by atoms with E-state index in [-0.39, 0.29) is 17.9 Å². The fourth-order valence-electron chi connectivity index (χ4n) is 4.89. The number of anilines is 2. The molecule has 0 unspecified atom stereocenters. The van der Waals surface area contributed by atoms with Crippen LogP contribution in [0.5, 0.6) is 0 Å². The fraction of sp³-hybridized carbons (Fsp3) is 0.462. The molecule has 170 valence electrons. The molecule has 32 heavy (non-hydrogen) atoms. The summed E-state index contributed by atoms with van der Waals surface area (Å²) in [7, 11) is 0. The smallest absolute Gasteiger partial charge is 0.337 e. The Morgan fingerprint density at radius 3 is 2.31 bits per heavy atom. The van der Waals surface area contributed by atoms with Crippen molar-refractivity contribution in [2.75, 3.05) is 36.4 Å². The fourth-order valence-corrected chi connectivity index (χ4v) is 4.89. The molecule has 2 aliphatic rings. The van der Waals surface area contributed by atoms with Crippen LogP contribution in [0.15, 0.2) is 42.5 Å². The monoisotopic (exact) mass is 435 g/mol. The predicted molar refractivity (Wildman–Crippen MR) is 128 cm³/mol. The van der Waals surface area contributed by atoms with E-state index in [4.69, 9.17) is 0 Å². The molecule has 1 saturated carbocycles. The Hall–Kier alpha value is -2.86. The largest absolute Gasteiger partial charge is 0.478 e. The molecule has 6 heteroatoms. The maximum atomic E-state index is 12.5. The van der Waals surface area contributed by atoms with Crippen LogP contribution in [0.4, 0.5) is 11.4 Å². The number of nitrogens with zero attached hydrogens (tertiary/aromatic N) is 2. The average Bonchev–Trinajstić information content (AvgIpc) is 2.81. The summed E-state index contributed by atoms with van der Waals surface area (Å²) in [4.78, 5) is 29.3. The predicted octanol–water partition coefficient (Wildman–Crippen LogP) is 4.33. The van der Waals surface area contributed by atoms with Gasteiger partial charge >= 0.3 is 5.97 Å². The maximum absolute atomic E-state index is 12.5. The minimum absolute atomic E-state index is 0.134. The average molecular weight is 436 g/mol. The van der Waals surface area contributed by atoms with E-state index in [1.54, 1.807) is 12.1 Å². The van der Waals surface area contributed by atoms with E-state index >= 15 is 0 Å². The Balaban J connectivity index is 1.40. The number of carbonyl (C=O) groups is 2. The summed E-state index contributed by atoms with van der Waals surface area (Å²) in [5, 5.41) is 12.5. The number of piperazine rings is 1. The first-order valence-electron chi connectivity index (χ1n) is 11.7. The topological polar surface area (TPSA) is 72.9 Å². The molecule has 2 aromatic rings. The van der Waals surface area contributed by atoms with Gasteiger partial charge in [-0.1, -0.05) is 49.1 Å². The third-order valence-corrected chi connectivity index (χ3v) is 6.76. The van der Waals surface area contributed by atoms with Crippen molar-refractivity contribution in [1.82, 2.24) is 4.90 Å². The summed E-state index contributed by atoms with van der Waals surface area (Å²) in [6.07, 6.45) is 6.86. The van der Waals surface area contributed by atoms with Crippen LogP contribution in [0.3, 0.4) is 0 Å². The van der Waals surface area contributed by atoms with Crippen molar-refractivity contribution in [2.24, 2.45) is 0 Å². The molecule has 1 aliphatic carbocycles. The lowest BCUT2D eigenvalue weighted by molar-refractivity contribution is -0.115. The van der Waals surface area contributed by atoms with Crippen molar-refractivity contribution < 1.29 is 14.7 Å². The molecule has 0 aromatic heterocycles. The number of carboxylic acids is 1. The molecule has 1 saturated heterocycles. The van der Waals surface area contributed by atoms with Crippen LogP contribution in [0.2, 0.25) is 0 Å². The van der Waals surface area contributed by atoms with E-state index in [1.165, 1.54) is 32.1 Å². The molecule has 2 fully saturated rings. The van der Waals surface area contributed by atoms with Crippen LogP contribution in [0.25, 0.3) is 0 Å². The molecule has 0 radical (unpaired) electrons. The van der Waals surface area contributed by atoms with Gasteiger partial charge in [0.25, 0.3) is 0 Å². The summed E-state index contributed by atoms with van der Waals surface area (Å²) in [6.45, 7) is 5.83. The molecule has 1 amide bonds. The molecular weight excluding hydrogens is 402 g/mol. The second-order valence-electron chi connectivity index (χ2n) is 9.06. The summed E-state index contributed by atoms with van der Waals surface area (Å²) in [5.74, 6) is -1.25. The SMILES string of the molecule is Cc1ccc(CC(=O)Nc2ccc(N3CCN(C4CCCCC4)CC3)cc2C(=O)O)cc1. The van der Waals surface area contributed by atoms with Gasteiger partial charge in [0.1, 0.15) is 0 Å². The van der Waals surface area contributed by atoms with Crippen LogP contribution >= 0.6 is 0 Å². The third-order valence-electron chi connectivity index (χ3n) is 6.76. The Kier molecular flexibility index (Phi) is 7.10. The zero-order chi connectivity index (χ0) is 22.5. The molecule has 0 spiro atoms. The lowest BCUT2D eigenvalue weighted by Gasteiger charge is -2.41. The van der Waals surface area contributed by atoms with Crippen molar-refractivity contribution in [2.45, 2.75) is 51.5 Å². The Bertz CT molecular complexity index is 943. The quantitative estimate of drug-likeness (QED) is 0.707. The van der Waals surface area contributed by atoms with Gasteiger partial charge in [-0.05, 0) is 43.5 Å². The van der Waals surface area contributed by atoms with Gasteiger partial charge in [-0.15, -0.1) is 0 Å². The molecule has 6 nitrogen and oxygen atoms in total. The highest BCUT2D eigenvalue weighted by Crippen LogP contribution is 2.27. The summed E-state index contributed by atoms with van der Waals surface area (Å²) < 4.78 is 0. The Morgan fingerprint density at radius 1 is 0.969 bits per heavy atom. The standard InChI is InChI=1S/C26H33N3O3/c1-19-7-9-20(10-8-19)17-25(30)27-24-12-11-22(18-23(24)26(31)32)29-15-13-28(14-16-29)21-5-3-2-4-6-21/h7-12,18,21H,2-6,13-17H2,1H3,(H,27,30)(H,31,32). The first-order valence-corrected chi connectivity index (χ1v) is 11.7. The van der Waals surface area contributed by atoms with Gasteiger partial charge in [0.15, 0.2) is 0 Å². The lowest BCUT2D eigenvalue weighted by Crippen LogP contribution is -2.50. The van der Waals surface area contributed by atoms with Gasteiger partial charge in [0, 0.05) is 37.9 Å². The Labute approximate surface area is 190 Å². The first kappa shape index (κ1) is 22.3. The van der Waals surface area contributed by atoms with Gasteiger partial charge in [0.05, 0.1) is 17.7 Å². The van der Waals surface area contributed by atoms with Crippen LogP contribution < -0.4 is 10.2 Å². The Morgan fingerprint density at radius 2 is 1.66 bits per heavy atom. The number of nitrogens with one attached hydrogen (secondary N) is 1. The number of aryl methyl sites for hydroxylation is 1. The normalized spacial score (nSPS) is 17.8. The van der Waals surface area contributed by atoms with Gasteiger partial charge in [-0.2, -0.15) is 0 Å². The molecule has 1 heterocycles. The van der Waals surface area contributed by atoms with Gasteiger partial charge in [0.2, 0.25) is 5.91 Å². The number of carbonyl (C=O) groups excluding carboxylic acids is 1. The second-order valence-corrected chi connectivity index (χ2v) is 9.06. The molecule has 2 aromatic carbocycles. The van der Waals surface area contributed by atoms with Crippen molar-refractivity contribution in [3.05, 3.63) is 59.2 Å². The van der Waals surface area contributed by atoms with Crippen LogP contribution in [-0.4, -0.2) is 54.1 Å². The van der Waals surface area contributed by atoms with Crippen molar-refractivity contribution in [3.8, 4) is 0 Å². The molecular formula is C26H33N3O3. The zero-order valence-corrected chi connectivity index (χ0v) is 18.8. The van der Waals surface area contributed by atoms with E-state index in [1.807, 2.05) is 37.3 Å². The minimum atomic E-state index is -1.03. The molecule has 0 bridgehead atoms. The number of carboxylic acid groups (broad SMARTS) is 1. The molecule has 4 rings (SSSR count). The lowest BCUT2D eigenvalue weighted by atomic mass is 9.94. The first-order chi connectivity index (χ1) is 15.5. The van der Waals surface area contributed by atoms with Gasteiger partial charge in [-0.3, -0.25) is 9.69 Å². The zero-order valence-electron chi connectivity index (χ0n) is 18.8. The van der Waals surface area contributed by atoms with Crippen molar-refractivity contribution in [1.29, 1.82) is 0 Å². The minimum Gasteiger partial charge on any atom is -0.478 e. The van der Waals surface area contributed by atoms with Gasteiger partial charge < -0.3 is 15.3 Å². The van der Waals surface area contributed by atoms with E-state index in [9.17, 15) is 14.7 Å². The van der Waals surface area contributed by atoms with Crippen molar-refractivity contribution in [3.63, 3.8) is 0 Å². The van der Waals surface area contributed by atoms with E-state index < -0.39 is 5.97 Å². The third kappa shape index (κ3) is 5.49. The summed E-state index contributed by atoms with van der Waals surface area (Å²) in [5.41, 5.74) is 3.42. The highest BCUT2D eigenvalue weighted by atomic mass is 16.4. The second kappa shape index (κ2) is 10.2. The van der Waals surface area contributed by atoms with E-state index in [0.717, 1.165) is 43.0 Å². The van der Waals surface area contributed by atoms with Crippen LogP contribution in [0, 0.1) is 6.92 Å². The maximum Gasteiger partial charge on any atom is 0.337 e. The summed E-state index contributed by atoms with van der Waals surface area (Å²) >= 11 is 0. The number of hydrogen-bond donors (Lipinski definition) is 2. The molecule has 1 aliphatic heterocycles. The number of rotatable bonds is 6. The van der Waals surface area contributed by atoms with Crippen LogP contribution in [0.1, 0.15) is 53.6 Å². The number of amides is 1. The number of aromatic carboxylic acids is 1.